The van der Waals surface area contributed by atoms with Gasteiger partial charge in [0.25, 0.3) is 0 Å². The van der Waals surface area contributed by atoms with Crippen molar-refractivity contribution in [3.05, 3.63) is 100 Å². The largest absolute Gasteiger partial charge is 0.494 e. The number of fused-ring (bicyclic) bond motifs is 1. The molecule has 3 aromatic carbocycles. The van der Waals surface area contributed by atoms with E-state index < -0.39 is 0 Å². The van der Waals surface area contributed by atoms with Crippen LogP contribution in [0, 0.1) is 13.8 Å². The van der Waals surface area contributed by atoms with E-state index in [9.17, 15) is 4.79 Å². The number of para-hydroxylation sites is 2. The van der Waals surface area contributed by atoms with Crippen LogP contribution in [0.25, 0.3) is 17.1 Å². The van der Waals surface area contributed by atoms with Crippen LogP contribution in [-0.2, 0) is 17.8 Å². The van der Waals surface area contributed by atoms with E-state index in [1.165, 1.54) is 0 Å². The van der Waals surface area contributed by atoms with Gasteiger partial charge in [-0.15, -0.1) is 0 Å². The van der Waals surface area contributed by atoms with Crippen molar-refractivity contribution >= 4 is 34.6 Å². The fraction of sp³-hybridized carbons (Fsp3) is 0.267. The first-order chi connectivity index (χ1) is 17.5. The van der Waals surface area contributed by atoms with Gasteiger partial charge >= 0.3 is 0 Å². The topological polar surface area (TPSA) is 56.1 Å². The maximum absolute atomic E-state index is 12.1. The second-order valence-corrected chi connectivity index (χ2v) is 9.26. The molecule has 0 fully saturated rings. The van der Waals surface area contributed by atoms with Crippen LogP contribution in [0.15, 0.2) is 72.8 Å². The number of rotatable bonds is 11. The van der Waals surface area contributed by atoms with Crippen molar-refractivity contribution in [1.29, 1.82) is 0 Å². The Hall–Kier alpha value is -3.57. The van der Waals surface area contributed by atoms with Crippen molar-refractivity contribution in [1.82, 2.24) is 14.9 Å². The molecule has 36 heavy (non-hydrogen) atoms. The lowest BCUT2D eigenvalue weighted by molar-refractivity contribution is -0.116. The van der Waals surface area contributed by atoms with Crippen molar-refractivity contribution < 1.29 is 9.53 Å². The van der Waals surface area contributed by atoms with Crippen LogP contribution >= 0.6 is 11.6 Å². The summed E-state index contributed by atoms with van der Waals surface area (Å²) in [5.41, 5.74) is 5.17. The number of benzene rings is 3. The van der Waals surface area contributed by atoms with Crippen molar-refractivity contribution in [2.45, 2.75) is 39.7 Å². The van der Waals surface area contributed by atoms with Crippen LogP contribution in [0.5, 0.6) is 5.75 Å². The monoisotopic (exact) mass is 501 g/mol. The van der Waals surface area contributed by atoms with Gasteiger partial charge in [-0.2, -0.15) is 0 Å². The third kappa shape index (κ3) is 6.76. The Morgan fingerprint density at radius 1 is 1.03 bits per heavy atom. The van der Waals surface area contributed by atoms with Gasteiger partial charge < -0.3 is 14.6 Å². The van der Waals surface area contributed by atoms with Crippen molar-refractivity contribution in [3.8, 4) is 5.75 Å². The highest BCUT2D eigenvalue weighted by molar-refractivity contribution is 6.32. The summed E-state index contributed by atoms with van der Waals surface area (Å²) in [6.45, 7) is 6.01. The molecule has 0 spiro atoms. The Morgan fingerprint density at radius 3 is 2.53 bits per heavy atom. The highest BCUT2D eigenvalue weighted by Crippen LogP contribution is 2.26. The predicted octanol–water partition coefficient (Wildman–Crippen LogP) is 6.54. The van der Waals surface area contributed by atoms with Gasteiger partial charge in [0.1, 0.15) is 11.6 Å². The molecule has 4 aromatic rings. The number of hydrogen-bond acceptors (Lipinski definition) is 3. The zero-order valence-corrected chi connectivity index (χ0v) is 21.6. The number of halogens is 1. The number of ether oxygens (including phenoxy) is 1. The first kappa shape index (κ1) is 25.5. The predicted molar refractivity (Wildman–Crippen MR) is 148 cm³/mol. The van der Waals surface area contributed by atoms with Gasteiger partial charge in [0, 0.05) is 30.6 Å². The first-order valence-electron chi connectivity index (χ1n) is 12.4. The molecule has 0 unspecified atom stereocenters. The summed E-state index contributed by atoms with van der Waals surface area (Å²) in [7, 11) is 0. The molecule has 1 heterocycles. The van der Waals surface area contributed by atoms with E-state index in [0.717, 1.165) is 70.1 Å². The van der Waals surface area contributed by atoms with E-state index in [0.29, 0.717) is 13.2 Å². The minimum Gasteiger partial charge on any atom is -0.494 e. The lowest BCUT2D eigenvalue weighted by atomic mass is 10.1. The molecule has 0 atom stereocenters. The van der Waals surface area contributed by atoms with Gasteiger partial charge in [0.2, 0.25) is 5.91 Å². The van der Waals surface area contributed by atoms with Crippen LogP contribution in [0.1, 0.15) is 35.4 Å². The molecule has 5 nitrogen and oxygen atoms in total. The second-order valence-electron chi connectivity index (χ2n) is 8.88. The maximum Gasteiger partial charge on any atom is 0.243 e. The van der Waals surface area contributed by atoms with Gasteiger partial charge in [-0.05, 0) is 73.7 Å². The molecule has 0 radical (unpaired) electrons. The van der Waals surface area contributed by atoms with Crippen molar-refractivity contribution in [2.24, 2.45) is 0 Å². The molecule has 6 heteroatoms. The molecular formula is C30H32ClN3O2. The van der Waals surface area contributed by atoms with Gasteiger partial charge in [-0.25, -0.2) is 4.98 Å². The van der Waals surface area contributed by atoms with Crippen molar-refractivity contribution in [3.63, 3.8) is 0 Å². The van der Waals surface area contributed by atoms with Gasteiger partial charge in [0.15, 0.2) is 0 Å². The fourth-order valence-corrected chi connectivity index (χ4v) is 4.33. The number of carbonyl (C=O) groups excluding carboxylic acids is 1. The SMILES string of the molecule is Cc1cc(OCCCn2c(CCCNC(=O)/C=C\c3ccccc3)nc3ccccc32)cc(C)c1Cl. The summed E-state index contributed by atoms with van der Waals surface area (Å²) in [5.74, 6) is 1.79. The molecule has 186 valence electrons. The molecule has 0 bridgehead atoms. The molecule has 1 aromatic heterocycles. The summed E-state index contributed by atoms with van der Waals surface area (Å²) in [4.78, 5) is 17.0. The van der Waals surface area contributed by atoms with Crippen LogP contribution in [0.3, 0.4) is 0 Å². The number of nitrogens with one attached hydrogen (secondary N) is 1. The summed E-state index contributed by atoms with van der Waals surface area (Å²) in [6, 6.07) is 22.0. The number of carbonyl (C=O) groups is 1. The third-order valence-electron chi connectivity index (χ3n) is 6.04. The summed E-state index contributed by atoms with van der Waals surface area (Å²) in [6.07, 6.45) is 5.86. The number of amides is 1. The van der Waals surface area contributed by atoms with E-state index in [1.807, 2.05) is 80.6 Å². The Morgan fingerprint density at radius 2 is 1.75 bits per heavy atom. The smallest absolute Gasteiger partial charge is 0.243 e. The minimum atomic E-state index is -0.0859. The molecule has 0 saturated heterocycles. The fourth-order valence-electron chi connectivity index (χ4n) is 4.22. The Labute approximate surface area is 217 Å². The molecule has 4 rings (SSSR count). The second kappa shape index (κ2) is 12.4. The average molecular weight is 502 g/mol. The normalized spacial score (nSPS) is 11.3. The van der Waals surface area contributed by atoms with Crippen LogP contribution in [0.2, 0.25) is 5.02 Å². The molecule has 0 aliphatic rings. The number of hydrogen-bond donors (Lipinski definition) is 1. The Bertz CT molecular complexity index is 1320. The molecular weight excluding hydrogens is 470 g/mol. The Kier molecular flexibility index (Phi) is 8.80. The van der Waals surface area contributed by atoms with E-state index >= 15 is 0 Å². The molecule has 1 N–H and O–H groups in total. The molecule has 1 amide bonds. The van der Waals surface area contributed by atoms with Crippen LogP contribution in [-0.4, -0.2) is 28.6 Å². The lowest BCUT2D eigenvalue weighted by Crippen LogP contribution is -2.22. The standard InChI is InChI=1S/C30H32ClN3O2/c1-22-20-25(21-23(2)30(22)31)36-19-9-18-34-27-13-7-6-12-26(27)33-28(34)14-8-17-32-29(35)16-15-24-10-4-3-5-11-24/h3-7,10-13,15-16,20-21H,8-9,14,17-19H2,1-2H3,(H,32,35)/b16-15-. The van der Waals surface area contributed by atoms with Crippen molar-refractivity contribution in [2.75, 3.05) is 13.2 Å². The maximum atomic E-state index is 12.1. The zero-order chi connectivity index (χ0) is 25.3. The quantitative estimate of drug-likeness (QED) is 0.187. The summed E-state index contributed by atoms with van der Waals surface area (Å²) in [5, 5.41) is 3.76. The zero-order valence-electron chi connectivity index (χ0n) is 20.8. The van der Waals surface area contributed by atoms with E-state index in [4.69, 9.17) is 21.3 Å². The van der Waals surface area contributed by atoms with E-state index in [1.54, 1.807) is 6.08 Å². The van der Waals surface area contributed by atoms with Gasteiger partial charge in [-0.1, -0.05) is 54.1 Å². The third-order valence-corrected chi connectivity index (χ3v) is 6.64. The number of aromatic nitrogens is 2. The molecule has 0 aliphatic heterocycles. The van der Waals surface area contributed by atoms with Crippen LogP contribution in [0.4, 0.5) is 0 Å². The average Bonchev–Trinajstić information content (AvgIpc) is 3.24. The number of nitrogens with zero attached hydrogens (tertiary/aromatic N) is 2. The number of aryl methyl sites for hydroxylation is 4. The molecule has 0 saturated carbocycles. The van der Waals surface area contributed by atoms with Gasteiger partial charge in [0.05, 0.1) is 17.6 Å². The van der Waals surface area contributed by atoms with E-state index in [-0.39, 0.29) is 5.91 Å². The number of imidazole rings is 1. The highest BCUT2D eigenvalue weighted by Gasteiger charge is 2.11. The first-order valence-corrected chi connectivity index (χ1v) is 12.7. The lowest BCUT2D eigenvalue weighted by Gasteiger charge is -2.12. The van der Waals surface area contributed by atoms with Crippen LogP contribution < -0.4 is 10.1 Å². The molecule has 0 aliphatic carbocycles. The van der Waals surface area contributed by atoms with Gasteiger partial charge in [-0.3, -0.25) is 4.79 Å². The summed E-state index contributed by atoms with van der Waals surface area (Å²) >= 11 is 6.27. The highest BCUT2D eigenvalue weighted by atomic mass is 35.5. The Balaban J connectivity index is 1.30. The van der Waals surface area contributed by atoms with E-state index in [2.05, 4.69) is 16.0 Å². The minimum absolute atomic E-state index is 0.0859. The summed E-state index contributed by atoms with van der Waals surface area (Å²) < 4.78 is 8.28.